The normalized spacial score (nSPS) is 33.9. The van der Waals surface area contributed by atoms with Gasteiger partial charge in [0.15, 0.2) is 0 Å². The lowest BCUT2D eigenvalue weighted by Gasteiger charge is -2.52. The van der Waals surface area contributed by atoms with Gasteiger partial charge in [0.1, 0.15) is 0 Å². The molecule has 0 aromatic heterocycles. The summed E-state index contributed by atoms with van der Waals surface area (Å²) < 4.78 is 0. The molecule has 40 heavy (non-hydrogen) atoms. The van der Waals surface area contributed by atoms with Crippen LogP contribution in [0.2, 0.25) is 0 Å². The lowest BCUT2D eigenvalue weighted by Crippen LogP contribution is -2.42. The summed E-state index contributed by atoms with van der Waals surface area (Å²) in [5.41, 5.74) is 6.04. The van der Waals surface area contributed by atoms with Crippen LogP contribution in [-0.4, -0.2) is 0 Å². The van der Waals surface area contributed by atoms with E-state index >= 15 is 0 Å². The van der Waals surface area contributed by atoms with E-state index in [1.165, 1.54) is 116 Å². The number of hydrogen-bond acceptors (Lipinski definition) is 0. The first-order valence-electron chi connectivity index (χ1n) is 18.6. The molecule has 3 aliphatic carbocycles. The fourth-order valence-electron chi connectivity index (χ4n) is 9.71. The van der Waals surface area contributed by atoms with Crippen molar-refractivity contribution in [3.05, 3.63) is 22.8 Å². The Hall–Kier alpha value is -0.520. The van der Waals surface area contributed by atoms with E-state index in [9.17, 15) is 0 Å². The molecule has 3 aliphatic rings. The second kappa shape index (κ2) is 16.4. The summed E-state index contributed by atoms with van der Waals surface area (Å²) in [5, 5.41) is 0. The Morgan fingerprint density at radius 2 is 1.65 bits per heavy atom. The van der Waals surface area contributed by atoms with Crippen LogP contribution >= 0.6 is 0 Å². The van der Waals surface area contributed by atoms with E-state index < -0.39 is 0 Å². The molecule has 0 heteroatoms. The highest BCUT2D eigenvalue weighted by molar-refractivity contribution is 5.25. The summed E-state index contributed by atoms with van der Waals surface area (Å²) in [6, 6.07) is 0. The molecule has 0 aliphatic heterocycles. The number of allylic oxidation sites excluding steroid dienone is 4. The van der Waals surface area contributed by atoms with Gasteiger partial charge in [0.2, 0.25) is 0 Å². The summed E-state index contributed by atoms with van der Waals surface area (Å²) in [5.74, 6) is 6.64. The van der Waals surface area contributed by atoms with Crippen LogP contribution in [0.4, 0.5) is 0 Å². The third-order valence-electron chi connectivity index (χ3n) is 13.3. The molecule has 0 radical (unpaired) electrons. The Kier molecular flexibility index (Phi) is 13.9. The van der Waals surface area contributed by atoms with Gasteiger partial charge in [-0.05, 0) is 130 Å². The molecule has 0 amide bonds. The fourth-order valence-corrected chi connectivity index (χ4v) is 9.71. The van der Waals surface area contributed by atoms with E-state index in [2.05, 4.69) is 68.4 Å². The fraction of sp³-hybridized carbons (Fsp3) is 0.900. The topological polar surface area (TPSA) is 0 Å². The molecular weight excluding hydrogens is 480 g/mol. The molecular formula is C40H72. The summed E-state index contributed by atoms with van der Waals surface area (Å²) in [6.07, 6.45) is 28.5. The first-order valence-corrected chi connectivity index (χ1v) is 18.6. The Morgan fingerprint density at radius 1 is 0.925 bits per heavy atom. The smallest absolute Gasteiger partial charge is 0.00204 e. The van der Waals surface area contributed by atoms with Gasteiger partial charge < -0.3 is 0 Å². The summed E-state index contributed by atoms with van der Waals surface area (Å²) in [7, 11) is 0. The van der Waals surface area contributed by atoms with Crippen LogP contribution in [0.15, 0.2) is 22.8 Å². The van der Waals surface area contributed by atoms with Gasteiger partial charge in [0.25, 0.3) is 0 Å². The molecule has 0 aromatic rings. The van der Waals surface area contributed by atoms with Crippen LogP contribution in [0, 0.1) is 52.8 Å². The molecule has 0 N–H and O–H groups in total. The van der Waals surface area contributed by atoms with Crippen molar-refractivity contribution in [2.45, 2.75) is 178 Å². The zero-order valence-electron chi connectivity index (χ0n) is 28.9. The number of hydrogen-bond donors (Lipinski definition) is 0. The minimum absolute atomic E-state index is 0.658. The standard InChI is InChI=1S/C40H72/c1-10-13-23-38-31(6)24-25-37(32(7)33(8)39(29(4)11-2)28-34(38)12-3)30(5)19-15-14-16-20-36-26-27-40(36,9)35-21-17-18-22-35/h28-30,32-37H,10-27H2,1-9H3. The highest BCUT2D eigenvalue weighted by atomic mass is 14.5. The van der Waals surface area contributed by atoms with Crippen molar-refractivity contribution in [2.75, 3.05) is 0 Å². The van der Waals surface area contributed by atoms with Crippen LogP contribution in [0.1, 0.15) is 178 Å². The average molecular weight is 553 g/mol. The molecule has 0 nitrogen and oxygen atoms in total. The van der Waals surface area contributed by atoms with E-state index in [-0.39, 0.29) is 0 Å². The maximum absolute atomic E-state index is 2.79. The van der Waals surface area contributed by atoms with E-state index in [4.69, 9.17) is 0 Å². The van der Waals surface area contributed by atoms with Crippen LogP contribution in [-0.2, 0) is 0 Å². The zero-order chi connectivity index (χ0) is 29.3. The largest absolute Gasteiger partial charge is 0.0776 e. The first kappa shape index (κ1) is 34.0. The summed E-state index contributed by atoms with van der Waals surface area (Å²) >= 11 is 0. The van der Waals surface area contributed by atoms with Gasteiger partial charge in [0.05, 0.1) is 0 Å². The third kappa shape index (κ3) is 8.31. The SMILES string of the molecule is CCCCC1=C(C)CCC(C(C)CCCCCC2CCC2(C)C2CCCC2)C(C)C(C)C(C(C)CC)=CC1CC. The van der Waals surface area contributed by atoms with Crippen molar-refractivity contribution >= 4 is 0 Å². The lowest BCUT2D eigenvalue weighted by molar-refractivity contribution is -0.0183. The molecule has 0 bridgehead atoms. The quantitative estimate of drug-likeness (QED) is 0.148. The van der Waals surface area contributed by atoms with E-state index in [1.807, 2.05) is 0 Å². The van der Waals surface area contributed by atoms with Crippen molar-refractivity contribution in [3.63, 3.8) is 0 Å². The molecule has 232 valence electrons. The maximum atomic E-state index is 2.79. The van der Waals surface area contributed by atoms with Gasteiger partial charge in [-0.1, -0.05) is 123 Å². The number of unbranched alkanes of at least 4 members (excludes halogenated alkanes) is 3. The molecule has 0 spiro atoms. The summed E-state index contributed by atoms with van der Waals surface area (Å²) in [4.78, 5) is 0. The van der Waals surface area contributed by atoms with E-state index in [0.29, 0.717) is 23.2 Å². The summed E-state index contributed by atoms with van der Waals surface area (Å²) in [6.45, 7) is 22.7. The number of rotatable bonds is 14. The maximum Gasteiger partial charge on any atom is -0.00204 e. The van der Waals surface area contributed by atoms with Crippen molar-refractivity contribution in [2.24, 2.45) is 52.8 Å². The van der Waals surface area contributed by atoms with Crippen molar-refractivity contribution in [1.29, 1.82) is 0 Å². The Balaban J connectivity index is 1.63. The van der Waals surface area contributed by atoms with Gasteiger partial charge in [-0.3, -0.25) is 0 Å². The second-order valence-corrected chi connectivity index (χ2v) is 15.6. The molecule has 0 heterocycles. The molecule has 0 aromatic carbocycles. The Bertz CT molecular complexity index is 793. The van der Waals surface area contributed by atoms with Crippen LogP contribution in [0.3, 0.4) is 0 Å². The molecule has 3 rings (SSSR count). The second-order valence-electron chi connectivity index (χ2n) is 15.6. The van der Waals surface area contributed by atoms with Crippen LogP contribution in [0.25, 0.3) is 0 Å². The highest BCUT2D eigenvalue weighted by Crippen LogP contribution is 2.58. The lowest BCUT2D eigenvalue weighted by atomic mass is 9.53. The first-order chi connectivity index (χ1) is 19.2. The minimum Gasteiger partial charge on any atom is -0.0776 e. The molecule has 8 unspecified atom stereocenters. The molecule has 8 atom stereocenters. The van der Waals surface area contributed by atoms with Gasteiger partial charge in [-0.15, -0.1) is 0 Å². The highest BCUT2D eigenvalue weighted by Gasteiger charge is 2.47. The zero-order valence-corrected chi connectivity index (χ0v) is 28.9. The van der Waals surface area contributed by atoms with Gasteiger partial charge in [0, 0.05) is 0 Å². The molecule has 2 fully saturated rings. The third-order valence-corrected chi connectivity index (χ3v) is 13.3. The monoisotopic (exact) mass is 553 g/mol. The van der Waals surface area contributed by atoms with E-state index in [0.717, 1.165) is 29.6 Å². The van der Waals surface area contributed by atoms with Gasteiger partial charge >= 0.3 is 0 Å². The predicted molar refractivity (Wildman–Crippen MR) is 180 cm³/mol. The van der Waals surface area contributed by atoms with Gasteiger partial charge in [-0.25, -0.2) is 0 Å². The molecule has 0 saturated heterocycles. The van der Waals surface area contributed by atoms with Crippen molar-refractivity contribution < 1.29 is 0 Å². The van der Waals surface area contributed by atoms with Crippen molar-refractivity contribution in [3.8, 4) is 0 Å². The van der Waals surface area contributed by atoms with Gasteiger partial charge in [-0.2, -0.15) is 0 Å². The predicted octanol–water partition coefficient (Wildman–Crippen LogP) is 13.4. The van der Waals surface area contributed by atoms with Crippen LogP contribution in [0.5, 0.6) is 0 Å². The average Bonchev–Trinajstić information content (AvgIpc) is 3.49. The van der Waals surface area contributed by atoms with Crippen LogP contribution < -0.4 is 0 Å². The van der Waals surface area contributed by atoms with E-state index in [1.54, 1.807) is 16.7 Å². The minimum atomic E-state index is 0.658. The molecule has 2 saturated carbocycles. The Labute approximate surface area is 253 Å². The van der Waals surface area contributed by atoms with Crippen molar-refractivity contribution in [1.82, 2.24) is 0 Å². The Morgan fingerprint density at radius 3 is 2.25 bits per heavy atom.